The number of carbonyl (C=O) groups excluding carboxylic acids is 1. The summed E-state index contributed by atoms with van der Waals surface area (Å²) >= 11 is 0. The van der Waals surface area contributed by atoms with Gasteiger partial charge in [-0.3, -0.25) is 9.69 Å². The summed E-state index contributed by atoms with van der Waals surface area (Å²) in [7, 11) is 0. The Kier molecular flexibility index (Phi) is 3.97. The van der Waals surface area contributed by atoms with Gasteiger partial charge in [-0.2, -0.15) is 0 Å². The van der Waals surface area contributed by atoms with Gasteiger partial charge in [-0.25, -0.2) is 4.79 Å². The molecule has 96 valence electrons. The van der Waals surface area contributed by atoms with Crippen LogP contribution in [-0.2, 0) is 11.3 Å². The monoisotopic (exact) mass is 247 g/mol. The maximum atomic E-state index is 11.8. The van der Waals surface area contributed by atoms with Crippen LogP contribution in [-0.4, -0.2) is 27.9 Å². The van der Waals surface area contributed by atoms with Crippen molar-refractivity contribution in [3.8, 4) is 0 Å². The molecule has 1 aromatic carbocycles. The molecule has 1 aliphatic rings. The van der Waals surface area contributed by atoms with Crippen molar-refractivity contribution in [2.75, 3.05) is 0 Å². The lowest BCUT2D eigenvalue weighted by molar-refractivity contribution is -0.125. The molecule has 1 N–H and O–H groups in total. The Morgan fingerprint density at radius 1 is 1.28 bits per heavy atom. The third-order valence-electron chi connectivity index (χ3n) is 3.34. The Bertz CT molecular complexity index is 430. The maximum Gasteiger partial charge on any atom is 0.408 e. The van der Waals surface area contributed by atoms with Gasteiger partial charge in [-0.1, -0.05) is 36.8 Å². The first kappa shape index (κ1) is 12.6. The standard InChI is InChI=1S/C14H17NO3/c16-13-9-5-4-8-12(13)15(14(17)18)10-11-6-2-1-3-7-11/h1-3,6-7,12H,4-5,8-10H2,(H,17,18). The molecule has 1 amide bonds. The van der Waals surface area contributed by atoms with Crippen LogP contribution in [0.3, 0.4) is 0 Å². The van der Waals surface area contributed by atoms with Crippen molar-refractivity contribution >= 4 is 11.9 Å². The molecule has 2 rings (SSSR count). The number of carboxylic acid groups (broad SMARTS) is 1. The molecule has 1 fully saturated rings. The smallest absolute Gasteiger partial charge is 0.408 e. The van der Waals surface area contributed by atoms with E-state index in [1.54, 1.807) is 0 Å². The summed E-state index contributed by atoms with van der Waals surface area (Å²) in [6.07, 6.45) is 1.95. The third kappa shape index (κ3) is 2.88. The number of hydrogen-bond acceptors (Lipinski definition) is 2. The lowest BCUT2D eigenvalue weighted by Crippen LogP contribution is -2.45. The molecule has 4 heteroatoms. The van der Waals surface area contributed by atoms with Crippen LogP contribution in [0.5, 0.6) is 0 Å². The van der Waals surface area contributed by atoms with Crippen molar-refractivity contribution in [3.63, 3.8) is 0 Å². The Morgan fingerprint density at radius 3 is 2.61 bits per heavy atom. The van der Waals surface area contributed by atoms with E-state index in [1.807, 2.05) is 30.3 Å². The Labute approximate surface area is 106 Å². The SMILES string of the molecule is O=C1CCCCC1N(Cc1ccccc1)C(=O)O. The normalized spacial score (nSPS) is 19.6. The predicted octanol–water partition coefficient (Wildman–Crippen LogP) is 2.68. The van der Waals surface area contributed by atoms with Crippen molar-refractivity contribution in [1.82, 2.24) is 4.90 Å². The number of Topliss-reactive ketones (excluding diaryl/α,β-unsaturated/α-hetero) is 1. The fourth-order valence-corrected chi connectivity index (χ4v) is 2.39. The largest absolute Gasteiger partial charge is 0.465 e. The number of amides is 1. The first-order valence-corrected chi connectivity index (χ1v) is 6.24. The number of hydrogen-bond donors (Lipinski definition) is 1. The molecule has 0 heterocycles. The summed E-state index contributed by atoms with van der Waals surface area (Å²) in [6, 6.07) is 8.93. The molecule has 0 aliphatic heterocycles. The number of nitrogens with zero attached hydrogens (tertiary/aromatic N) is 1. The summed E-state index contributed by atoms with van der Waals surface area (Å²) in [6.45, 7) is 0.284. The molecule has 0 saturated heterocycles. The van der Waals surface area contributed by atoms with Gasteiger partial charge in [0.25, 0.3) is 0 Å². The molecule has 1 saturated carbocycles. The molecule has 1 aliphatic carbocycles. The molecular formula is C14H17NO3. The summed E-state index contributed by atoms with van der Waals surface area (Å²) in [5, 5.41) is 9.28. The summed E-state index contributed by atoms with van der Waals surface area (Å²) in [5.41, 5.74) is 0.915. The molecule has 1 aromatic rings. The van der Waals surface area contributed by atoms with Gasteiger partial charge in [0, 0.05) is 13.0 Å². The molecule has 18 heavy (non-hydrogen) atoms. The van der Waals surface area contributed by atoms with Gasteiger partial charge < -0.3 is 5.11 Å². The Balaban J connectivity index is 2.13. The number of rotatable bonds is 3. The molecule has 0 spiro atoms. The Morgan fingerprint density at radius 2 is 2.00 bits per heavy atom. The second-order valence-corrected chi connectivity index (χ2v) is 4.62. The molecular weight excluding hydrogens is 230 g/mol. The maximum absolute atomic E-state index is 11.8. The van der Waals surface area contributed by atoms with E-state index in [9.17, 15) is 14.7 Å². The minimum absolute atomic E-state index is 0.0552. The third-order valence-corrected chi connectivity index (χ3v) is 3.34. The quantitative estimate of drug-likeness (QED) is 0.893. The summed E-state index contributed by atoms with van der Waals surface area (Å²) in [5.74, 6) is 0.0552. The van der Waals surface area contributed by atoms with Crippen molar-refractivity contribution < 1.29 is 14.7 Å². The second kappa shape index (κ2) is 5.67. The minimum atomic E-state index is -1.01. The van der Waals surface area contributed by atoms with Gasteiger partial charge in [0.15, 0.2) is 5.78 Å². The lowest BCUT2D eigenvalue weighted by Gasteiger charge is -2.31. The fourth-order valence-electron chi connectivity index (χ4n) is 2.39. The number of carbonyl (C=O) groups is 2. The van der Waals surface area contributed by atoms with Gasteiger partial charge in [0.05, 0.1) is 6.04 Å². The zero-order valence-electron chi connectivity index (χ0n) is 10.2. The van der Waals surface area contributed by atoms with E-state index in [4.69, 9.17) is 0 Å². The molecule has 0 aromatic heterocycles. The average molecular weight is 247 g/mol. The summed E-state index contributed by atoms with van der Waals surface area (Å²) < 4.78 is 0. The van der Waals surface area contributed by atoms with Crippen molar-refractivity contribution in [3.05, 3.63) is 35.9 Å². The van der Waals surface area contributed by atoms with E-state index in [-0.39, 0.29) is 12.3 Å². The first-order chi connectivity index (χ1) is 8.68. The van der Waals surface area contributed by atoms with E-state index < -0.39 is 12.1 Å². The molecule has 0 bridgehead atoms. The molecule has 1 unspecified atom stereocenters. The Hall–Kier alpha value is -1.84. The first-order valence-electron chi connectivity index (χ1n) is 6.24. The van der Waals surface area contributed by atoms with Gasteiger partial charge in [-0.15, -0.1) is 0 Å². The van der Waals surface area contributed by atoms with Crippen LogP contribution in [0.1, 0.15) is 31.2 Å². The number of benzene rings is 1. The van der Waals surface area contributed by atoms with E-state index in [0.29, 0.717) is 12.8 Å². The predicted molar refractivity (Wildman–Crippen MR) is 67.3 cm³/mol. The lowest BCUT2D eigenvalue weighted by atomic mass is 9.93. The zero-order valence-corrected chi connectivity index (χ0v) is 10.2. The van der Waals surface area contributed by atoms with E-state index in [1.165, 1.54) is 4.90 Å². The van der Waals surface area contributed by atoms with E-state index in [0.717, 1.165) is 18.4 Å². The van der Waals surface area contributed by atoms with Crippen LogP contribution in [0.25, 0.3) is 0 Å². The van der Waals surface area contributed by atoms with E-state index in [2.05, 4.69) is 0 Å². The van der Waals surface area contributed by atoms with Crippen LogP contribution in [0.4, 0.5) is 4.79 Å². The topological polar surface area (TPSA) is 57.6 Å². The highest BCUT2D eigenvalue weighted by atomic mass is 16.4. The van der Waals surface area contributed by atoms with Gasteiger partial charge in [0.1, 0.15) is 0 Å². The van der Waals surface area contributed by atoms with Crippen LogP contribution in [0.15, 0.2) is 30.3 Å². The van der Waals surface area contributed by atoms with Gasteiger partial charge in [-0.05, 0) is 18.4 Å². The van der Waals surface area contributed by atoms with Crippen molar-refractivity contribution in [1.29, 1.82) is 0 Å². The van der Waals surface area contributed by atoms with Crippen LogP contribution < -0.4 is 0 Å². The fraction of sp³-hybridized carbons (Fsp3) is 0.429. The zero-order chi connectivity index (χ0) is 13.0. The minimum Gasteiger partial charge on any atom is -0.465 e. The van der Waals surface area contributed by atoms with Crippen LogP contribution in [0, 0.1) is 0 Å². The van der Waals surface area contributed by atoms with Crippen molar-refractivity contribution in [2.24, 2.45) is 0 Å². The van der Waals surface area contributed by atoms with Crippen LogP contribution in [0.2, 0.25) is 0 Å². The molecule has 4 nitrogen and oxygen atoms in total. The highest BCUT2D eigenvalue weighted by Gasteiger charge is 2.31. The van der Waals surface area contributed by atoms with Crippen LogP contribution >= 0.6 is 0 Å². The highest BCUT2D eigenvalue weighted by Crippen LogP contribution is 2.21. The molecule has 1 atom stereocenters. The number of ketones is 1. The van der Waals surface area contributed by atoms with Crippen molar-refractivity contribution in [2.45, 2.75) is 38.3 Å². The van der Waals surface area contributed by atoms with Gasteiger partial charge in [0.2, 0.25) is 0 Å². The average Bonchev–Trinajstić information content (AvgIpc) is 2.38. The van der Waals surface area contributed by atoms with E-state index >= 15 is 0 Å². The van der Waals surface area contributed by atoms with Gasteiger partial charge >= 0.3 is 6.09 Å². The highest BCUT2D eigenvalue weighted by molar-refractivity contribution is 5.87. The second-order valence-electron chi connectivity index (χ2n) is 4.62. The molecule has 0 radical (unpaired) electrons. The summed E-state index contributed by atoms with van der Waals surface area (Å²) in [4.78, 5) is 24.4.